The predicted molar refractivity (Wildman–Crippen MR) is 133 cm³/mol. The molecule has 1 heterocycles. The number of carbonyl (C=O) groups excluding carboxylic acids is 1. The van der Waals surface area contributed by atoms with Gasteiger partial charge >= 0.3 is 0 Å². The lowest BCUT2D eigenvalue weighted by Gasteiger charge is -2.28. The van der Waals surface area contributed by atoms with Crippen LogP contribution in [0.25, 0.3) is 11.0 Å². The number of rotatable bonds is 11. The van der Waals surface area contributed by atoms with Gasteiger partial charge in [0.15, 0.2) is 0 Å². The van der Waals surface area contributed by atoms with Gasteiger partial charge in [0.2, 0.25) is 10.0 Å². The molecule has 0 saturated carbocycles. The number of hydrogen-bond donors (Lipinski definition) is 3. The standard InChI is InChI=1S/C25H31FN4O4S/c1-25(2,26)13-12-18(35(27,33)34)15-23(31)21(14-17-8-4-3-5-9-17)30-24(32)22-16-28-19-10-6-7-11-20(19)29-22/h3-11,16,18,21,23,31H,12-15H2,1-2H3,(H,30,32)(H2,27,33,34)/t18-,21-,23-/m0/s1. The van der Waals surface area contributed by atoms with Crippen LogP contribution in [0.4, 0.5) is 4.39 Å². The van der Waals surface area contributed by atoms with Gasteiger partial charge in [-0.1, -0.05) is 42.5 Å². The number of aromatic nitrogens is 2. The van der Waals surface area contributed by atoms with Gasteiger partial charge in [0.1, 0.15) is 11.4 Å². The minimum absolute atomic E-state index is 0.0385. The zero-order valence-electron chi connectivity index (χ0n) is 19.8. The van der Waals surface area contributed by atoms with E-state index in [4.69, 9.17) is 5.14 Å². The largest absolute Gasteiger partial charge is 0.391 e. The van der Waals surface area contributed by atoms with E-state index in [9.17, 15) is 22.7 Å². The van der Waals surface area contributed by atoms with Crippen molar-refractivity contribution in [2.75, 3.05) is 0 Å². The molecule has 3 rings (SSSR count). The number of nitrogens with one attached hydrogen (secondary N) is 1. The summed E-state index contributed by atoms with van der Waals surface area (Å²) in [4.78, 5) is 21.6. The first-order valence-electron chi connectivity index (χ1n) is 11.4. The van der Waals surface area contributed by atoms with Crippen LogP contribution in [0.5, 0.6) is 0 Å². The number of halogens is 1. The highest BCUT2D eigenvalue weighted by Gasteiger charge is 2.32. The monoisotopic (exact) mass is 502 g/mol. The summed E-state index contributed by atoms with van der Waals surface area (Å²) in [6, 6.07) is 15.4. The van der Waals surface area contributed by atoms with Crippen molar-refractivity contribution in [1.82, 2.24) is 15.3 Å². The van der Waals surface area contributed by atoms with E-state index in [1.165, 1.54) is 20.0 Å². The number of nitrogens with zero attached hydrogens (tertiary/aromatic N) is 2. The highest BCUT2D eigenvalue weighted by molar-refractivity contribution is 7.89. The number of benzene rings is 2. The van der Waals surface area contributed by atoms with Gasteiger partial charge in [-0.3, -0.25) is 9.78 Å². The van der Waals surface area contributed by atoms with Crippen LogP contribution in [0.1, 0.15) is 49.2 Å². The maximum atomic E-state index is 14.0. The number of fused-ring (bicyclic) bond motifs is 1. The summed E-state index contributed by atoms with van der Waals surface area (Å²) in [6.07, 6.45) is -0.0274. The third-order valence-corrected chi connectivity index (χ3v) is 7.15. The van der Waals surface area contributed by atoms with Crippen LogP contribution < -0.4 is 10.5 Å². The second-order valence-electron chi connectivity index (χ2n) is 9.29. The van der Waals surface area contributed by atoms with Crippen molar-refractivity contribution < 1.29 is 22.7 Å². The molecular weight excluding hydrogens is 471 g/mol. The number of primary sulfonamides is 1. The molecule has 35 heavy (non-hydrogen) atoms. The highest BCUT2D eigenvalue weighted by atomic mass is 32.2. The smallest absolute Gasteiger partial charge is 0.271 e. The number of para-hydroxylation sites is 2. The first-order valence-corrected chi connectivity index (χ1v) is 13.0. The number of carbonyl (C=O) groups is 1. The molecule has 0 aliphatic heterocycles. The summed E-state index contributed by atoms with van der Waals surface area (Å²) < 4.78 is 38.4. The molecule has 188 valence electrons. The van der Waals surface area contributed by atoms with Gasteiger partial charge < -0.3 is 10.4 Å². The third-order valence-electron chi connectivity index (χ3n) is 5.79. The zero-order valence-corrected chi connectivity index (χ0v) is 20.6. The average molecular weight is 503 g/mol. The fourth-order valence-electron chi connectivity index (χ4n) is 3.81. The quantitative estimate of drug-likeness (QED) is 0.369. The molecule has 10 heteroatoms. The van der Waals surface area contributed by atoms with E-state index in [1.54, 1.807) is 18.2 Å². The Morgan fingerprint density at radius 1 is 1.11 bits per heavy atom. The van der Waals surface area contributed by atoms with E-state index in [2.05, 4.69) is 15.3 Å². The Hall–Kier alpha value is -2.95. The summed E-state index contributed by atoms with van der Waals surface area (Å²) in [7, 11) is -4.06. The molecule has 0 unspecified atom stereocenters. The lowest BCUT2D eigenvalue weighted by Crippen LogP contribution is -2.47. The fourth-order valence-corrected chi connectivity index (χ4v) is 4.73. The van der Waals surface area contributed by atoms with Crippen LogP contribution in [0, 0.1) is 0 Å². The highest BCUT2D eigenvalue weighted by Crippen LogP contribution is 2.23. The van der Waals surface area contributed by atoms with Gasteiger partial charge in [0.05, 0.1) is 34.6 Å². The van der Waals surface area contributed by atoms with Crippen molar-refractivity contribution in [2.24, 2.45) is 5.14 Å². The number of amides is 1. The normalized spacial score (nSPS) is 14.9. The van der Waals surface area contributed by atoms with E-state index in [0.717, 1.165) is 5.56 Å². The summed E-state index contributed by atoms with van der Waals surface area (Å²) in [5, 5.41) is 18.0. The van der Waals surface area contributed by atoms with E-state index in [0.29, 0.717) is 11.0 Å². The van der Waals surface area contributed by atoms with E-state index >= 15 is 0 Å². The van der Waals surface area contributed by atoms with Crippen molar-refractivity contribution in [3.05, 3.63) is 72.1 Å². The van der Waals surface area contributed by atoms with Gasteiger partial charge in [0.25, 0.3) is 5.91 Å². The number of aliphatic hydroxyl groups is 1. The summed E-state index contributed by atoms with van der Waals surface area (Å²) in [5.74, 6) is -0.555. The predicted octanol–water partition coefficient (Wildman–Crippen LogP) is 2.91. The third kappa shape index (κ3) is 8.05. The van der Waals surface area contributed by atoms with Gasteiger partial charge in [-0.15, -0.1) is 0 Å². The Bertz CT molecular complexity index is 1250. The second-order valence-corrected chi connectivity index (χ2v) is 11.1. The molecule has 0 aliphatic carbocycles. The van der Waals surface area contributed by atoms with Gasteiger partial charge in [-0.2, -0.15) is 0 Å². The zero-order chi connectivity index (χ0) is 25.6. The van der Waals surface area contributed by atoms with Crippen LogP contribution in [0.15, 0.2) is 60.8 Å². The number of nitrogens with two attached hydrogens (primary N) is 1. The second kappa shape index (κ2) is 11.2. The lowest BCUT2D eigenvalue weighted by molar-refractivity contribution is 0.0801. The van der Waals surface area contributed by atoms with Crippen molar-refractivity contribution in [3.63, 3.8) is 0 Å². The Morgan fingerprint density at radius 3 is 2.37 bits per heavy atom. The van der Waals surface area contributed by atoms with Gasteiger partial charge in [0, 0.05) is 0 Å². The van der Waals surface area contributed by atoms with Crippen LogP contribution in [-0.4, -0.2) is 52.5 Å². The molecule has 0 spiro atoms. The molecule has 8 nitrogen and oxygen atoms in total. The van der Waals surface area contributed by atoms with Crippen molar-refractivity contribution in [1.29, 1.82) is 0 Å². The maximum absolute atomic E-state index is 14.0. The molecule has 3 aromatic rings. The van der Waals surface area contributed by atoms with Crippen LogP contribution in [-0.2, 0) is 16.4 Å². The SMILES string of the molecule is CC(C)(F)CC[C@@H](C[C@H](O)[C@H](Cc1ccccc1)NC(=O)c1cnc2ccccc2n1)S(N)(=O)=O. The van der Waals surface area contributed by atoms with Crippen LogP contribution in [0.2, 0.25) is 0 Å². The van der Waals surface area contributed by atoms with E-state index < -0.39 is 39.0 Å². The van der Waals surface area contributed by atoms with Crippen molar-refractivity contribution >= 4 is 27.0 Å². The molecular formula is C25H31FN4O4S. The number of sulfonamides is 1. The molecule has 2 aromatic carbocycles. The minimum Gasteiger partial charge on any atom is -0.391 e. The first-order chi connectivity index (χ1) is 16.4. The first kappa shape index (κ1) is 26.7. The van der Waals surface area contributed by atoms with E-state index in [-0.39, 0.29) is 31.4 Å². The molecule has 0 saturated heterocycles. The number of hydrogen-bond acceptors (Lipinski definition) is 6. The summed E-state index contributed by atoms with van der Waals surface area (Å²) in [6.45, 7) is 2.71. The van der Waals surface area contributed by atoms with E-state index in [1.807, 2.05) is 36.4 Å². The average Bonchev–Trinajstić information content (AvgIpc) is 2.80. The Morgan fingerprint density at radius 2 is 1.74 bits per heavy atom. The lowest BCUT2D eigenvalue weighted by atomic mass is 9.95. The molecule has 3 atom stereocenters. The Kier molecular flexibility index (Phi) is 8.52. The maximum Gasteiger partial charge on any atom is 0.271 e. The molecule has 0 bridgehead atoms. The fraction of sp³-hybridized carbons (Fsp3) is 0.400. The molecule has 0 aliphatic rings. The van der Waals surface area contributed by atoms with Gasteiger partial charge in [-0.05, 0) is 57.2 Å². The summed E-state index contributed by atoms with van der Waals surface area (Å²) >= 11 is 0. The topological polar surface area (TPSA) is 135 Å². The summed E-state index contributed by atoms with van der Waals surface area (Å²) in [5.41, 5.74) is 0.495. The van der Waals surface area contributed by atoms with Crippen molar-refractivity contribution in [2.45, 2.75) is 62.6 Å². The Labute approximate surface area is 204 Å². The minimum atomic E-state index is -4.06. The van der Waals surface area contributed by atoms with Crippen LogP contribution >= 0.6 is 0 Å². The molecule has 4 N–H and O–H groups in total. The number of aliphatic hydroxyl groups excluding tert-OH is 1. The van der Waals surface area contributed by atoms with Crippen molar-refractivity contribution in [3.8, 4) is 0 Å². The number of alkyl halides is 1. The Balaban J connectivity index is 1.82. The van der Waals surface area contributed by atoms with Gasteiger partial charge in [-0.25, -0.2) is 22.9 Å². The van der Waals surface area contributed by atoms with Crippen LogP contribution in [0.3, 0.4) is 0 Å². The molecule has 0 fully saturated rings. The molecule has 1 aromatic heterocycles. The molecule has 1 amide bonds. The molecule has 0 radical (unpaired) electrons.